The van der Waals surface area contributed by atoms with Gasteiger partial charge >= 0.3 is 6.09 Å². The Bertz CT molecular complexity index is 412. The van der Waals surface area contributed by atoms with Crippen LogP contribution in [-0.4, -0.2) is 50.0 Å². The van der Waals surface area contributed by atoms with E-state index in [1.807, 2.05) is 0 Å². The summed E-state index contributed by atoms with van der Waals surface area (Å²) in [5.41, 5.74) is -0.557. The molecule has 0 spiro atoms. The van der Waals surface area contributed by atoms with E-state index in [0.29, 0.717) is 6.54 Å². The van der Waals surface area contributed by atoms with Crippen LogP contribution in [0.1, 0.15) is 34.1 Å². The minimum absolute atomic E-state index is 0.241. The Balaban J connectivity index is 2.58. The number of likely N-dealkylation sites (tertiary alicyclic amines) is 1. The first kappa shape index (κ1) is 15.2. The van der Waals surface area contributed by atoms with Gasteiger partial charge in [-0.3, -0.25) is 4.18 Å². The van der Waals surface area contributed by atoms with Crippen LogP contribution in [0.4, 0.5) is 4.79 Å². The van der Waals surface area contributed by atoms with Crippen LogP contribution in [0, 0.1) is 0 Å². The van der Waals surface area contributed by atoms with E-state index in [2.05, 4.69) is 0 Å². The Morgan fingerprint density at radius 1 is 1.39 bits per heavy atom. The Morgan fingerprint density at radius 3 is 2.28 bits per heavy atom. The summed E-state index contributed by atoms with van der Waals surface area (Å²) in [7, 11) is -3.51. The maximum Gasteiger partial charge on any atom is 0.410 e. The van der Waals surface area contributed by atoms with Gasteiger partial charge in [-0.25, -0.2) is 4.79 Å². The molecule has 1 saturated heterocycles. The molecule has 18 heavy (non-hydrogen) atoms. The smallest absolute Gasteiger partial charge is 0.410 e. The molecule has 0 radical (unpaired) electrons. The molecule has 0 aromatic heterocycles. The van der Waals surface area contributed by atoms with Gasteiger partial charge in [-0.1, -0.05) is 0 Å². The predicted molar refractivity (Wildman–Crippen MR) is 66.7 cm³/mol. The minimum atomic E-state index is -3.51. The maximum atomic E-state index is 11.8. The molecule has 0 saturated carbocycles. The van der Waals surface area contributed by atoms with Crippen molar-refractivity contribution in [2.45, 2.75) is 51.9 Å². The quantitative estimate of drug-likeness (QED) is 0.729. The van der Waals surface area contributed by atoms with E-state index >= 15 is 0 Å². The molecule has 0 N–H and O–H groups in total. The fraction of sp³-hybridized carbons (Fsp3) is 0.909. The van der Waals surface area contributed by atoms with E-state index in [-0.39, 0.29) is 6.04 Å². The average molecular weight is 279 g/mol. The summed E-state index contributed by atoms with van der Waals surface area (Å²) in [5.74, 6) is 0. The summed E-state index contributed by atoms with van der Waals surface area (Å²) in [6, 6.07) is -0.241. The highest BCUT2D eigenvalue weighted by Gasteiger charge is 2.40. The number of rotatable bonds is 3. The molecule has 1 aliphatic heterocycles. The second kappa shape index (κ2) is 5.05. The zero-order valence-corrected chi connectivity index (χ0v) is 12.3. The Morgan fingerprint density at radius 2 is 1.94 bits per heavy atom. The lowest BCUT2D eigenvalue weighted by Gasteiger charge is -2.43. The third kappa shape index (κ3) is 4.45. The minimum Gasteiger partial charge on any atom is -0.444 e. The van der Waals surface area contributed by atoms with Gasteiger partial charge in [-0.15, -0.1) is 0 Å². The summed E-state index contributed by atoms with van der Waals surface area (Å²) in [4.78, 5) is 13.3. The number of ether oxygens (including phenoxy) is 1. The van der Waals surface area contributed by atoms with E-state index in [1.165, 1.54) is 4.90 Å². The molecule has 1 amide bonds. The van der Waals surface area contributed by atoms with Gasteiger partial charge in [-0.05, 0) is 34.1 Å². The van der Waals surface area contributed by atoms with Gasteiger partial charge in [0.15, 0.2) is 0 Å². The molecule has 0 bridgehead atoms. The highest BCUT2D eigenvalue weighted by molar-refractivity contribution is 7.86. The second-order valence-electron chi connectivity index (χ2n) is 5.54. The van der Waals surface area contributed by atoms with Gasteiger partial charge in [0.25, 0.3) is 10.1 Å². The molecule has 1 fully saturated rings. The summed E-state index contributed by atoms with van der Waals surface area (Å²) in [6.07, 6.45) is 0.736. The first-order valence-corrected chi connectivity index (χ1v) is 7.69. The largest absolute Gasteiger partial charge is 0.444 e. The van der Waals surface area contributed by atoms with Gasteiger partial charge in [0, 0.05) is 6.54 Å². The molecule has 6 nitrogen and oxygen atoms in total. The van der Waals surface area contributed by atoms with Crippen molar-refractivity contribution in [1.29, 1.82) is 0 Å². The van der Waals surface area contributed by atoms with Gasteiger partial charge in [0.2, 0.25) is 0 Å². The lowest BCUT2D eigenvalue weighted by atomic mass is 9.99. The summed E-state index contributed by atoms with van der Waals surface area (Å²) in [6.45, 7) is 7.57. The highest BCUT2D eigenvalue weighted by Crippen LogP contribution is 2.25. The van der Waals surface area contributed by atoms with Crippen molar-refractivity contribution >= 4 is 16.2 Å². The molecule has 0 aromatic carbocycles. The van der Waals surface area contributed by atoms with Crippen LogP contribution in [0.15, 0.2) is 0 Å². The number of carbonyl (C=O) groups excluding carboxylic acids is 1. The van der Waals surface area contributed by atoms with Crippen LogP contribution in [-0.2, 0) is 19.0 Å². The average Bonchev–Trinajstić information content (AvgIpc) is 1.91. The highest BCUT2D eigenvalue weighted by atomic mass is 32.2. The molecule has 1 aliphatic rings. The predicted octanol–water partition coefficient (Wildman–Crippen LogP) is 1.36. The van der Waals surface area contributed by atoms with Crippen LogP contribution in [0.2, 0.25) is 0 Å². The number of nitrogens with zero attached hydrogens (tertiary/aromatic N) is 1. The first-order chi connectivity index (χ1) is 7.99. The zero-order valence-electron chi connectivity index (χ0n) is 11.5. The third-order valence-electron chi connectivity index (χ3n) is 2.56. The lowest BCUT2D eigenvalue weighted by molar-refractivity contribution is -0.0289. The van der Waals surface area contributed by atoms with E-state index in [0.717, 1.165) is 12.7 Å². The van der Waals surface area contributed by atoms with Crippen molar-refractivity contribution in [3.8, 4) is 0 Å². The summed E-state index contributed by atoms with van der Waals surface area (Å²) in [5, 5.41) is 0. The Kier molecular flexibility index (Phi) is 4.27. The van der Waals surface area contributed by atoms with Crippen molar-refractivity contribution in [3.05, 3.63) is 0 Å². The van der Waals surface area contributed by atoms with Gasteiger partial charge in [0.1, 0.15) is 5.60 Å². The van der Waals surface area contributed by atoms with Crippen molar-refractivity contribution in [2.75, 3.05) is 12.8 Å². The van der Waals surface area contributed by atoms with E-state index in [4.69, 9.17) is 8.92 Å². The number of amides is 1. The molecule has 1 rings (SSSR count). The molecule has 0 unspecified atom stereocenters. The molecule has 1 heterocycles. The second-order valence-corrected chi connectivity index (χ2v) is 7.14. The number of hydrogen-bond acceptors (Lipinski definition) is 5. The van der Waals surface area contributed by atoms with Crippen LogP contribution in [0.25, 0.3) is 0 Å². The third-order valence-corrected chi connectivity index (χ3v) is 3.22. The summed E-state index contributed by atoms with van der Waals surface area (Å²) >= 11 is 0. The number of carbonyl (C=O) groups is 1. The molecular weight excluding hydrogens is 258 g/mol. The first-order valence-electron chi connectivity index (χ1n) is 5.87. The van der Waals surface area contributed by atoms with E-state index in [1.54, 1.807) is 27.7 Å². The van der Waals surface area contributed by atoms with Crippen molar-refractivity contribution in [3.63, 3.8) is 0 Å². The molecule has 106 valence electrons. The number of hydrogen-bond donors (Lipinski definition) is 0. The van der Waals surface area contributed by atoms with Crippen LogP contribution in [0.5, 0.6) is 0 Å². The SMILES string of the molecule is C[C@@H](OS(C)(=O)=O)[C@@H]1CCN1C(=O)OC(C)(C)C. The van der Waals surface area contributed by atoms with Crippen LogP contribution < -0.4 is 0 Å². The Hall–Kier alpha value is -0.820. The normalized spacial score (nSPS) is 22.3. The van der Waals surface area contributed by atoms with Gasteiger partial charge in [-0.2, -0.15) is 8.42 Å². The topological polar surface area (TPSA) is 72.9 Å². The molecule has 7 heteroatoms. The van der Waals surface area contributed by atoms with Crippen LogP contribution >= 0.6 is 0 Å². The monoisotopic (exact) mass is 279 g/mol. The van der Waals surface area contributed by atoms with Gasteiger partial charge < -0.3 is 9.64 Å². The fourth-order valence-corrected chi connectivity index (χ4v) is 2.46. The van der Waals surface area contributed by atoms with Gasteiger partial charge in [0.05, 0.1) is 18.4 Å². The van der Waals surface area contributed by atoms with Crippen molar-refractivity contribution < 1.29 is 22.1 Å². The van der Waals surface area contributed by atoms with Crippen molar-refractivity contribution in [1.82, 2.24) is 4.90 Å². The summed E-state index contributed by atoms with van der Waals surface area (Å²) < 4.78 is 32.2. The fourth-order valence-electron chi connectivity index (χ4n) is 1.78. The lowest BCUT2D eigenvalue weighted by Crippen LogP contribution is -2.57. The van der Waals surface area contributed by atoms with Crippen molar-refractivity contribution in [2.24, 2.45) is 0 Å². The zero-order chi connectivity index (χ0) is 14.1. The molecule has 0 aliphatic carbocycles. The van der Waals surface area contributed by atoms with Crippen LogP contribution in [0.3, 0.4) is 0 Å². The standard InChI is InChI=1S/C11H21NO5S/c1-8(17-18(5,14)15)9-6-7-12(9)10(13)16-11(2,3)4/h8-9H,6-7H2,1-5H3/t8-,9+/m1/s1. The molecule has 0 aromatic rings. The molecule has 2 atom stereocenters. The Labute approximate surface area is 108 Å². The molecular formula is C11H21NO5S. The maximum absolute atomic E-state index is 11.8. The van der Waals surface area contributed by atoms with E-state index in [9.17, 15) is 13.2 Å². The van der Waals surface area contributed by atoms with E-state index < -0.39 is 27.9 Å².